The number of benzene rings is 2. The summed E-state index contributed by atoms with van der Waals surface area (Å²) in [6, 6.07) is 6.63. The summed E-state index contributed by atoms with van der Waals surface area (Å²) in [6.45, 7) is 0. The Labute approximate surface area is 150 Å². The Balaban J connectivity index is 1.92. The standard InChI is InChI=1S/C16H12ClF2IN2O/c17-11-7-8(1-4-12(11)18)21-16(23)10-2-5-13(19)15-9(10)3-6-14(15)22-20/h1-2,4-5,7,14,22H,3,6H2,(H,21,23). The van der Waals surface area contributed by atoms with Crippen LogP contribution in [0.4, 0.5) is 14.5 Å². The van der Waals surface area contributed by atoms with Crippen molar-refractivity contribution in [3.63, 3.8) is 0 Å². The van der Waals surface area contributed by atoms with Crippen LogP contribution >= 0.6 is 34.5 Å². The molecule has 0 bridgehead atoms. The Morgan fingerprint density at radius 2 is 1.96 bits per heavy atom. The van der Waals surface area contributed by atoms with E-state index in [0.717, 1.165) is 6.42 Å². The third kappa shape index (κ3) is 3.20. The number of amides is 1. The van der Waals surface area contributed by atoms with E-state index < -0.39 is 5.82 Å². The number of fused-ring (bicyclic) bond motifs is 1. The van der Waals surface area contributed by atoms with Crippen LogP contribution in [0.2, 0.25) is 5.02 Å². The first-order chi connectivity index (χ1) is 11.0. The van der Waals surface area contributed by atoms with Crippen LogP contribution in [0.5, 0.6) is 0 Å². The van der Waals surface area contributed by atoms with Crippen LogP contribution in [0.25, 0.3) is 0 Å². The fraction of sp³-hybridized carbons (Fsp3) is 0.188. The molecule has 1 aliphatic carbocycles. The van der Waals surface area contributed by atoms with Gasteiger partial charge < -0.3 is 5.32 Å². The molecule has 2 aromatic rings. The summed E-state index contributed by atoms with van der Waals surface area (Å²) in [4.78, 5) is 12.5. The monoisotopic (exact) mass is 448 g/mol. The highest BCUT2D eigenvalue weighted by Gasteiger charge is 2.29. The summed E-state index contributed by atoms with van der Waals surface area (Å²) in [7, 11) is 0. The van der Waals surface area contributed by atoms with Crippen molar-refractivity contribution in [2.75, 3.05) is 5.32 Å². The fourth-order valence-electron chi connectivity index (χ4n) is 2.81. The number of carbonyl (C=O) groups excluding carboxylic acids is 1. The van der Waals surface area contributed by atoms with Gasteiger partial charge in [0.05, 0.1) is 5.02 Å². The quantitative estimate of drug-likeness (QED) is 0.523. The first-order valence-corrected chi connectivity index (χ1v) is 8.40. The van der Waals surface area contributed by atoms with Gasteiger partial charge in [-0.15, -0.1) is 0 Å². The first-order valence-electron chi connectivity index (χ1n) is 6.95. The van der Waals surface area contributed by atoms with Gasteiger partial charge in [-0.25, -0.2) is 8.78 Å². The number of nitrogens with one attached hydrogen (secondary N) is 2. The number of anilines is 1. The summed E-state index contributed by atoms with van der Waals surface area (Å²) in [5.41, 5.74) is 2.08. The molecule has 7 heteroatoms. The second kappa shape index (κ2) is 6.70. The van der Waals surface area contributed by atoms with Crippen LogP contribution in [0.1, 0.15) is 33.9 Å². The van der Waals surface area contributed by atoms with E-state index in [1.54, 1.807) is 0 Å². The van der Waals surface area contributed by atoms with Crippen LogP contribution in [-0.4, -0.2) is 5.91 Å². The van der Waals surface area contributed by atoms with E-state index in [-0.39, 0.29) is 22.8 Å². The van der Waals surface area contributed by atoms with Crippen molar-refractivity contribution in [1.82, 2.24) is 3.53 Å². The fourth-order valence-corrected chi connectivity index (χ4v) is 3.61. The Hall–Kier alpha value is -1.25. The number of rotatable bonds is 3. The lowest BCUT2D eigenvalue weighted by Gasteiger charge is -2.13. The molecule has 0 saturated heterocycles. The number of hydrogen-bond donors (Lipinski definition) is 2. The lowest BCUT2D eigenvalue weighted by atomic mass is 10.0. The third-order valence-electron chi connectivity index (χ3n) is 3.89. The van der Waals surface area contributed by atoms with Gasteiger partial charge in [0.15, 0.2) is 0 Å². The maximum absolute atomic E-state index is 14.1. The van der Waals surface area contributed by atoms with Crippen LogP contribution in [-0.2, 0) is 6.42 Å². The van der Waals surface area contributed by atoms with E-state index in [4.69, 9.17) is 11.6 Å². The molecule has 23 heavy (non-hydrogen) atoms. The molecule has 120 valence electrons. The molecule has 0 aliphatic heterocycles. The van der Waals surface area contributed by atoms with Gasteiger partial charge in [0.2, 0.25) is 0 Å². The highest BCUT2D eigenvalue weighted by Crippen LogP contribution is 2.36. The smallest absolute Gasteiger partial charge is 0.255 e. The van der Waals surface area contributed by atoms with Gasteiger partial charge in [-0.1, -0.05) is 11.6 Å². The number of halogens is 4. The number of carbonyl (C=O) groups is 1. The van der Waals surface area contributed by atoms with E-state index >= 15 is 0 Å². The van der Waals surface area contributed by atoms with E-state index in [1.807, 2.05) is 22.9 Å². The van der Waals surface area contributed by atoms with Crippen LogP contribution < -0.4 is 8.85 Å². The van der Waals surface area contributed by atoms with Gasteiger partial charge in [0.25, 0.3) is 5.91 Å². The topological polar surface area (TPSA) is 41.1 Å². The molecule has 1 amide bonds. The van der Waals surface area contributed by atoms with Crippen molar-refractivity contribution < 1.29 is 13.6 Å². The Morgan fingerprint density at radius 1 is 1.22 bits per heavy atom. The predicted octanol–water partition coefficient (Wildman–Crippen LogP) is 4.80. The molecule has 0 heterocycles. The lowest BCUT2D eigenvalue weighted by molar-refractivity contribution is 0.102. The van der Waals surface area contributed by atoms with Crippen LogP contribution in [0, 0.1) is 11.6 Å². The molecule has 0 spiro atoms. The zero-order valence-corrected chi connectivity index (χ0v) is 14.7. The molecule has 0 radical (unpaired) electrons. The number of hydrogen-bond acceptors (Lipinski definition) is 2. The maximum atomic E-state index is 14.1. The minimum Gasteiger partial charge on any atom is -0.322 e. The lowest BCUT2D eigenvalue weighted by Crippen LogP contribution is -2.15. The van der Waals surface area contributed by atoms with Gasteiger partial charge >= 0.3 is 0 Å². The molecule has 2 aromatic carbocycles. The second-order valence-electron chi connectivity index (χ2n) is 5.27. The molecule has 1 unspecified atom stereocenters. The van der Waals surface area contributed by atoms with E-state index in [9.17, 15) is 13.6 Å². The zero-order chi connectivity index (χ0) is 16.6. The van der Waals surface area contributed by atoms with Crippen molar-refractivity contribution in [1.29, 1.82) is 0 Å². The van der Waals surface area contributed by atoms with Gasteiger partial charge in [0, 0.05) is 45.7 Å². The molecule has 1 atom stereocenters. The molecular formula is C16H12ClF2IN2O. The van der Waals surface area contributed by atoms with Gasteiger partial charge in [-0.05, 0) is 48.7 Å². The Kier molecular flexibility index (Phi) is 4.84. The third-order valence-corrected chi connectivity index (χ3v) is 4.93. The van der Waals surface area contributed by atoms with Gasteiger partial charge in [0.1, 0.15) is 11.6 Å². The van der Waals surface area contributed by atoms with Crippen LogP contribution in [0.15, 0.2) is 30.3 Å². The molecule has 1 aliphatic rings. The molecule has 0 fully saturated rings. The van der Waals surface area contributed by atoms with Crippen molar-refractivity contribution in [3.8, 4) is 0 Å². The predicted molar refractivity (Wildman–Crippen MR) is 94.0 cm³/mol. The van der Waals surface area contributed by atoms with Crippen molar-refractivity contribution in [2.45, 2.75) is 18.9 Å². The first kappa shape index (κ1) is 16.6. The summed E-state index contributed by atoms with van der Waals surface area (Å²) < 4.78 is 30.3. The van der Waals surface area contributed by atoms with Crippen molar-refractivity contribution >= 4 is 46.1 Å². The van der Waals surface area contributed by atoms with Gasteiger partial charge in [-0.3, -0.25) is 8.32 Å². The summed E-state index contributed by atoms with van der Waals surface area (Å²) in [5, 5.41) is 2.61. The molecule has 2 N–H and O–H groups in total. The van der Waals surface area contributed by atoms with Crippen molar-refractivity contribution in [3.05, 3.63) is 63.7 Å². The van der Waals surface area contributed by atoms with E-state index in [1.165, 1.54) is 30.3 Å². The Bertz CT molecular complexity index is 785. The zero-order valence-electron chi connectivity index (χ0n) is 11.8. The summed E-state index contributed by atoms with van der Waals surface area (Å²) in [5.74, 6) is -1.23. The summed E-state index contributed by atoms with van der Waals surface area (Å²) in [6.07, 6.45) is 1.36. The minimum absolute atomic E-state index is 0.0682. The normalized spacial score (nSPS) is 16.3. The largest absolute Gasteiger partial charge is 0.322 e. The van der Waals surface area contributed by atoms with Crippen molar-refractivity contribution in [2.24, 2.45) is 0 Å². The highest BCUT2D eigenvalue weighted by molar-refractivity contribution is 14.1. The molecule has 0 aromatic heterocycles. The maximum Gasteiger partial charge on any atom is 0.255 e. The van der Waals surface area contributed by atoms with Crippen LogP contribution in [0.3, 0.4) is 0 Å². The molecular weight excluding hydrogens is 437 g/mol. The van der Waals surface area contributed by atoms with E-state index in [0.29, 0.717) is 28.8 Å². The average molecular weight is 449 g/mol. The minimum atomic E-state index is -0.552. The molecule has 3 nitrogen and oxygen atoms in total. The second-order valence-corrected chi connectivity index (χ2v) is 6.30. The SMILES string of the molecule is O=C(Nc1ccc(F)c(Cl)c1)c1ccc(F)c2c1CCC2NI. The van der Waals surface area contributed by atoms with E-state index in [2.05, 4.69) is 8.85 Å². The van der Waals surface area contributed by atoms with Gasteiger partial charge in [-0.2, -0.15) is 0 Å². The summed E-state index contributed by atoms with van der Waals surface area (Å²) >= 11 is 7.70. The Morgan fingerprint density at radius 3 is 2.65 bits per heavy atom. The molecule has 3 rings (SSSR count). The molecule has 0 saturated carbocycles. The average Bonchev–Trinajstić information content (AvgIpc) is 2.96. The highest BCUT2D eigenvalue weighted by atomic mass is 127.